The Balaban J connectivity index is 1.94. The third kappa shape index (κ3) is 2.45. The van der Waals surface area contributed by atoms with Crippen molar-refractivity contribution in [3.8, 4) is 11.5 Å². The van der Waals surface area contributed by atoms with Gasteiger partial charge < -0.3 is 4.74 Å². The van der Waals surface area contributed by atoms with Crippen molar-refractivity contribution in [3.05, 3.63) is 71.8 Å². The fraction of sp³-hybridized carbons (Fsp3) is 0.111. The van der Waals surface area contributed by atoms with E-state index in [1.165, 1.54) is 21.9 Å². The molecule has 0 saturated heterocycles. The van der Waals surface area contributed by atoms with Gasteiger partial charge in [-0.3, -0.25) is 0 Å². The van der Waals surface area contributed by atoms with Gasteiger partial charge in [0.05, 0.1) is 0 Å². The Labute approximate surface area is 113 Å². The summed E-state index contributed by atoms with van der Waals surface area (Å²) >= 11 is 0. The molecule has 0 aromatic heterocycles. The van der Waals surface area contributed by atoms with Gasteiger partial charge >= 0.3 is 0 Å². The van der Waals surface area contributed by atoms with E-state index in [9.17, 15) is 0 Å². The fourth-order valence-electron chi connectivity index (χ4n) is 2.14. The molecule has 0 unspecified atom stereocenters. The van der Waals surface area contributed by atoms with Crippen LogP contribution >= 0.6 is 0 Å². The Kier molecular flexibility index (Phi) is 2.96. The second kappa shape index (κ2) is 4.77. The highest BCUT2D eigenvalue weighted by Gasteiger charge is 2.01. The molecule has 3 aromatic carbocycles. The number of ether oxygens (including phenoxy) is 1. The Hall–Kier alpha value is -2.28. The molecule has 0 spiro atoms. The van der Waals surface area contributed by atoms with Crippen molar-refractivity contribution in [2.24, 2.45) is 0 Å². The predicted octanol–water partition coefficient (Wildman–Crippen LogP) is 5.25. The van der Waals surface area contributed by atoms with Crippen LogP contribution in [0.25, 0.3) is 10.8 Å². The molecule has 0 heterocycles. The van der Waals surface area contributed by atoms with Crippen LogP contribution in [0.15, 0.2) is 60.7 Å². The number of hydrogen-bond acceptors (Lipinski definition) is 1. The highest BCUT2D eigenvalue weighted by atomic mass is 16.5. The molecule has 0 fully saturated rings. The summed E-state index contributed by atoms with van der Waals surface area (Å²) in [7, 11) is 0. The van der Waals surface area contributed by atoms with Crippen molar-refractivity contribution in [3.63, 3.8) is 0 Å². The minimum atomic E-state index is 0.877. The first-order chi connectivity index (χ1) is 9.22. The lowest BCUT2D eigenvalue weighted by Gasteiger charge is -2.08. The average molecular weight is 248 g/mol. The van der Waals surface area contributed by atoms with E-state index in [1.54, 1.807) is 0 Å². The predicted molar refractivity (Wildman–Crippen MR) is 79.9 cm³/mol. The van der Waals surface area contributed by atoms with Gasteiger partial charge in [0.15, 0.2) is 0 Å². The van der Waals surface area contributed by atoms with E-state index in [2.05, 4.69) is 50.2 Å². The third-order valence-electron chi connectivity index (χ3n) is 3.44. The molecule has 0 N–H and O–H groups in total. The summed E-state index contributed by atoms with van der Waals surface area (Å²) in [5, 5.41) is 2.43. The molecule has 0 aliphatic rings. The first-order valence-corrected chi connectivity index (χ1v) is 6.46. The summed E-state index contributed by atoms with van der Waals surface area (Å²) in [5.74, 6) is 1.76. The first-order valence-electron chi connectivity index (χ1n) is 6.46. The van der Waals surface area contributed by atoms with Gasteiger partial charge in [-0.1, -0.05) is 36.4 Å². The third-order valence-corrected chi connectivity index (χ3v) is 3.44. The number of hydrogen-bond donors (Lipinski definition) is 0. The monoisotopic (exact) mass is 248 g/mol. The van der Waals surface area contributed by atoms with E-state index in [4.69, 9.17) is 4.74 Å². The van der Waals surface area contributed by atoms with E-state index < -0.39 is 0 Å². The minimum absolute atomic E-state index is 0.877. The molecule has 19 heavy (non-hydrogen) atoms. The molecule has 3 aromatic rings. The second-order valence-electron chi connectivity index (χ2n) is 4.86. The lowest BCUT2D eigenvalue weighted by atomic mass is 10.1. The van der Waals surface area contributed by atoms with E-state index >= 15 is 0 Å². The van der Waals surface area contributed by atoms with Crippen LogP contribution in [0.2, 0.25) is 0 Å². The van der Waals surface area contributed by atoms with E-state index in [1.807, 2.05) is 24.3 Å². The van der Waals surface area contributed by atoms with Gasteiger partial charge in [-0.05, 0) is 60.0 Å². The summed E-state index contributed by atoms with van der Waals surface area (Å²) in [6, 6.07) is 20.6. The molecule has 0 atom stereocenters. The van der Waals surface area contributed by atoms with Crippen molar-refractivity contribution in [1.82, 2.24) is 0 Å². The van der Waals surface area contributed by atoms with Crippen molar-refractivity contribution in [2.45, 2.75) is 13.8 Å². The van der Waals surface area contributed by atoms with Crippen molar-refractivity contribution < 1.29 is 4.74 Å². The Morgan fingerprint density at radius 2 is 1.32 bits per heavy atom. The summed E-state index contributed by atoms with van der Waals surface area (Å²) in [6.07, 6.45) is 0. The number of fused-ring (bicyclic) bond motifs is 1. The molecule has 0 radical (unpaired) electrons. The molecule has 0 bridgehead atoms. The topological polar surface area (TPSA) is 9.23 Å². The highest BCUT2D eigenvalue weighted by Crippen LogP contribution is 2.26. The maximum atomic E-state index is 5.92. The van der Waals surface area contributed by atoms with Gasteiger partial charge in [-0.25, -0.2) is 0 Å². The van der Waals surface area contributed by atoms with Gasteiger partial charge in [0.25, 0.3) is 0 Å². The maximum Gasteiger partial charge on any atom is 0.128 e. The lowest BCUT2D eigenvalue weighted by Crippen LogP contribution is -1.87. The Morgan fingerprint density at radius 3 is 2.11 bits per heavy atom. The van der Waals surface area contributed by atoms with Crippen LogP contribution in [-0.4, -0.2) is 0 Å². The number of rotatable bonds is 2. The van der Waals surface area contributed by atoms with Gasteiger partial charge in [0.2, 0.25) is 0 Å². The summed E-state index contributed by atoms with van der Waals surface area (Å²) in [4.78, 5) is 0. The molecular formula is C18H16O. The zero-order valence-electron chi connectivity index (χ0n) is 11.2. The van der Waals surface area contributed by atoms with Crippen molar-refractivity contribution in [1.29, 1.82) is 0 Å². The van der Waals surface area contributed by atoms with Crippen LogP contribution in [0.5, 0.6) is 11.5 Å². The largest absolute Gasteiger partial charge is 0.457 e. The molecule has 0 saturated carbocycles. The van der Waals surface area contributed by atoms with Gasteiger partial charge in [-0.2, -0.15) is 0 Å². The fourth-order valence-corrected chi connectivity index (χ4v) is 2.14. The van der Waals surface area contributed by atoms with E-state index in [0.29, 0.717) is 0 Å². The molecular weight excluding hydrogens is 232 g/mol. The second-order valence-corrected chi connectivity index (χ2v) is 4.86. The van der Waals surface area contributed by atoms with Crippen LogP contribution in [0.3, 0.4) is 0 Å². The molecule has 94 valence electrons. The quantitative estimate of drug-likeness (QED) is 0.602. The molecule has 0 amide bonds. The Morgan fingerprint density at radius 1 is 0.632 bits per heavy atom. The highest BCUT2D eigenvalue weighted by molar-refractivity contribution is 5.83. The smallest absolute Gasteiger partial charge is 0.128 e. The van der Waals surface area contributed by atoms with E-state index in [0.717, 1.165) is 11.5 Å². The normalized spacial score (nSPS) is 10.6. The van der Waals surface area contributed by atoms with E-state index in [-0.39, 0.29) is 0 Å². The zero-order chi connectivity index (χ0) is 13.2. The number of aryl methyl sites for hydroxylation is 2. The van der Waals surface area contributed by atoms with Crippen LogP contribution < -0.4 is 4.74 Å². The number of benzene rings is 3. The lowest BCUT2D eigenvalue weighted by molar-refractivity contribution is 0.483. The Bertz CT molecular complexity index is 729. The molecule has 1 nitrogen and oxygen atoms in total. The molecule has 0 aliphatic heterocycles. The van der Waals surface area contributed by atoms with Gasteiger partial charge in [0.1, 0.15) is 11.5 Å². The van der Waals surface area contributed by atoms with Crippen LogP contribution in [-0.2, 0) is 0 Å². The van der Waals surface area contributed by atoms with Crippen molar-refractivity contribution >= 4 is 10.8 Å². The molecule has 1 heteroatoms. The van der Waals surface area contributed by atoms with Gasteiger partial charge in [0, 0.05) is 0 Å². The van der Waals surface area contributed by atoms with Crippen LogP contribution in [0.1, 0.15) is 11.1 Å². The molecule has 0 aliphatic carbocycles. The summed E-state index contributed by atoms with van der Waals surface area (Å²) in [5.41, 5.74) is 2.53. The van der Waals surface area contributed by atoms with Gasteiger partial charge in [-0.15, -0.1) is 0 Å². The maximum absolute atomic E-state index is 5.92. The zero-order valence-corrected chi connectivity index (χ0v) is 11.2. The van der Waals surface area contributed by atoms with Crippen LogP contribution in [0, 0.1) is 13.8 Å². The first kappa shape index (κ1) is 11.8. The molecule has 3 rings (SSSR count). The summed E-state index contributed by atoms with van der Waals surface area (Å²) < 4.78 is 5.92. The summed E-state index contributed by atoms with van der Waals surface area (Å²) in [6.45, 7) is 4.21. The standard InChI is InChI=1S/C18H16O/c1-13-7-9-17(11-14(13)2)19-18-10-8-15-5-3-4-6-16(15)12-18/h3-12H,1-2H3. The minimum Gasteiger partial charge on any atom is -0.457 e. The van der Waals surface area contributed by atoms with Crippen molar-refractivity contribution in [2.75, 3.05) is 0 Å². The average Bonchev–Trinajstić information content (AvgIpc) is 2.43. The van der Waals surface area contributed by atoms with Crippen LogP contribution in [0.4, 0.5) is 0 Å². The SMILES string of the molecule is Cc1ccc(Oc2ccc3ccccc3c2)cc1C.